The summed E-state index contributed by atoms with van der Waals surface area (Å²) in [5, 5.41) is 1.84. The van der Waals surface area contributed by atoms with Crippen LogP contribution in [-0.2, 0) is 4.79 Å². The van der Waals surface area contributed by atoms with Gasteiger partial charge in [0.15, 0.2) is 0 Å². The summed E-state index contributed by atoms with van der Waals surface area (Å²) < 4.78 is 23.3. The highest BCUT2D eigenvalue weighted by Gasteiger charge is 2.19. The van der Waals surface area contributed by atoms with Crippen LogP contribution in [0, 0.1) is 0 Å². The summed E-state index contributed by atoms with van der Waals surface area (Å²) in [7, 11) is 1.31. The second-order valence-electron chi connectivity index (χ2n) is 1.26. The average molecular weight is 141 g/mol. The van der Waals surface area contributed by atoms with Crippen molar-refractivity contribution < 1.29 is 13.6 Å². The third-order valence-corrected chi connectivity index (χ3v) is 0.625. The molecule has 0 aliphatic rings. The van der Waals surface area contributed by atoms with E-state index in [0.29, 0.717) is 0 Å². The Morgan fingerprint density at radius 1 is 1.75 bits per heavy atom. The first kappa shape index (κ1) is 7.76. The Hall–Kier alpha value is -0.240. The molecule has 0 aromatic rings. The van der Waals surface area contributed by atoms with Gasteiger partial charge in [0, 0.05) is 0 Å². The van der Waals surface area contributed by atoms with E-state index in [2.05, 4.69) is 0 Å². The molecule has 0 aromatic heterocycles. The largest absolute Gasteiger partial charge is 0.352 e. The van der Waals surface area contributed by atoms with E-state index >= 15 is 0 Å². The molecule has 0 aliphatic heterocycles. The second kappa shape index (κ2) is 2.92. The molecule has 0 aromatic carbocycles. The number of carbonyl (C=O) groups is 1. The molecule has 1 amide bonds. The zero-order valence-corrected chi connectivity index (χ0v) is 5.18. The fraction of sp³-hybridized carbons (Fsp3) is 0.667. The van der Waals surface area contributed by atoms with Crippen LogP contribution in [0.25, 0.3) is 0 Å². The molecular formula is C3H6F2NOP. The Labute approximate surface area is 47.8 Å². The number of halogens is 2. The number of carbonyl (C=O) groups excluding carboxylic acids is 1. The lowest BCUT2D eigenvalue weighted by atomic mass is 10.7. The average Bonchev–Trinajstić information content (AvgIpc) is 1.59. The first-order valence-electron chi connectivity index (χ1n) is 1.90. The highest BCUT2D eigenvalue weighted by molar-refractivity contribution is 7.18. The first-order valence-corrected chi connectivity index (χ1v) is 2.48. The molecule has 0 fully saturated rings. The minimum absolute atomic E-state index is 0.234. The lowest BCUT2D eigenvalue weighted by Crippen LogP contribution is -2.25. The molecule has 0 saturated heterocycles. The quantitative estimate of drug-likeness (QED) is 0.441. The Kier molecular flexibility index (Phi) is 2.84. The topological polar surface area (TPSA) is 29.1 Å². The Balaban J connectivity index is 3.24. The van der Waals surface area contributed by atoms with E-state index < -0.39 is 12.2 Å². The molecule has 48 valence electrons. The summed E-state index contributed by atoms with van der Waals surface area (Å²) in [4.78, 5) is 9.40. The van der Waals surface area contributed by atoms with E-state index in [-0.39, 0.29) is 6.41 Å². The highest BCUT2D eigenvalue weighted by Crippen LogP contribution is 2.19. The van der Waals surface area contributed by atoms with Crippen molar-refractivity contribution in [1.82, 2.24) is 5.32 Å². The normalized spacial score (nSPS) is 10.9. The summed E-state index contributed by atoms with van der Waals surface area (Å²) in [6.07, 6.45) is 0.234. The van der Waals surface area contributed by atoms with Crippen LogP contribution in [0.15, 0.2) is 0 Å². The van der Waals surface area contributed by atoms with Crippen LogP contribution in [0.3, 0.4) is 0 Å². The van der Waals surface area contributed by atoms with Gasteiger partial charge in [-0.1, -0.05) is 9.24 Å². The zero-order valence-electron chi connectivity index (χ0n) is 4.03. The lowest BCUT2D eigenvalue weighted by Gasteiger charge is -2.06. The number of hydrogen-bond acceptors (Lipinski definition) is 1. The molecule has 2 nitrogen and oxygen atoms in total. The van der Waals surface area contributed by atoms with Crippen molar-refractivity contribution in [2.24, 2.45) is 0 Å². The first-order chi connectivity index (χ1) is 3.56. The van der Waals surface area contributed by atoms with E-state index in [1.807, 2.05) is 5.32 Å². The van der Waals surface area contributed by atoms with E-state index in [9.17, 15) is 13.6 Å². The van der Waals surface area contributed by atoms with Crippen LogP contribution >= 0.6 is 9.24 Å². The van der Waals surface area contributed by atoms with Gasteiger partial charge in [-0.15, -0.1) is 0 Å². The van der Waals surface area contributed by atoms with Gasteiger partial charge in [-0.3, -0.25) is 4.79 Å². The maximum absolute atomic E-state index is 11.7. The van der Waals surface area contributed by atoms with Crippen molar-refractivity contribution in [2.75, 3.05) is 6.54 Å². The molecule has 0 rings (SSSR count). The van der Waals surface area contributed by atoms with Gasteiger partial charge in [0.1, 0.15) is 0 Å². The van der Waals surface area contributed by atoms with E-state index in [0.717, 1.165) is 0 Å². The summed E-state index contributed by atoms with van der Waals surface area (Å²) in [6.45, 7) is -0.624. The second-order valence-corrected chi connectivity index (χ2v) is 2.10. The molecule has 0 spiro atoms. The van der Waals surface area contributed by atoms with Crippen molar-refractivity contribution in [3.63, 3.8) is 0 Å². The molecule has 0 bridgehead atoms. The molecule has 8 heavy (non-hydrogen) atoms. The van der Waals surface area contributed by atoms with Gasteiger partial charge in [0.2, 0.25) is 6.41 Å². The highest BCUT2D eigenvalue weighted by atomic mass is 31.0. The molecule has 1 atom stereocenters. The molecule has 0 heterocycles. The minimum Gasteiger partial charge on any atom is -0.352 e. The smallest absolute Gasteiger partial charge is 0.275 e. The van der Waals surface area contributed by atoms with Crippen molar-refractivity contribution in [3.8, 4) is 0 Å². The van der Waals surface area contributed by atoms with Gasteiger partial charge >= 0.3 is 0 Å². The number of rotatable bonds is 3. The molecule has 1 unspecified atom stereocenters. The van der Waals surface area contributed by atoms with E-state index in [4.69, 9.17) is 0 Å². The fourth-order valence-corrected chi connectivity index (χ4v) is 0.296. The van der Waals surface area contributed by atoms with Crippen LogP contribution < -0.4 is 5.32 Å². The Morgan fingerprint density at radius 3 is 2.38 bits per heavy atom. The summed E-state index contributed by atoms with van der Waals surface area (Å²) >= 11 is 0. The van der Waals surface area contributed by atoms with Crippen molar-refractivity contribution in [3.05, 3.63) is 0 Å². The minimum atomic E-state index is -2.87. The standard InChI is InChI=1S/C3H6F2NOP/c4-3(5,8)1-6-2-7/h2H,1,8H2,(H,6,7). The van der Waals surface area contributed by atoms with Crippen LogP contribution in [0.4, 0.5) is 8.78 Å². The summed E-state index contributed by atoms with van der Waals surface area (Å²) in [6, 6.07) is 0. The van der Waals surface area contributed by atoms with E-state index in [1.54, 1.807) is 0 Å². The van der Waals surface area contributed by atoms with Crippen LogP contribution in [0.5, 0.6) is 0 Å². The van der Waals surface area contributed by atoms with Crippen LogP contribution in [0.2, 0.25) is 0 Å². The van der Waals surface area contributed by atoms with Crippen LogP contribution in [0.1, 0.15) is 0 Å². The predicted octanol–water partition coefficient (Wildman–Crippen LogP) is 0.200. The Bertz CT molecular complexity index is 81.8. The maximum atomic E-state index is 11.7. The lowest BCUT2D eigenvalue weighted by molar-refractivity contribution is -0.110. The summed E-state index contributed by atoms with van der Waals surface area (Å²) in [5.41, 5.74) is -2.87. The van der Waals surface area contributed by atoms with Gasteiger partial charge in [0.05, 0.1) is 6.54 Å². The van der Waals surface area contributed by atoms with Gasteiger partial charge in [0.25, 0.3) is 5.66 Å². The fourth-order valence-electron chi connectivity index (χ4n) is 0.178. The molecule has 0 aliphatic carbocycles. The maximum Gasteiger partial charge on any atom is 0.275 e. The SMILES string of the molecule is O=CNCC(F)(F)P. The number of amides is 1. The summed E-state index contributed by atoms with van der Waals surface area (Å²) in [5.74, 6) is 0. The molecular weight excluding hydrogens is 135 g/mol. The number of hydrogen-bond donors (Lipinski definition) is 1. The molecule has 5 heteroatoms. The monoisotopic (exact) mass is 141 g/mol. The molecule has 0 saturated carbocycles. The van der Waals surface area contributed by atoms with Crippen LogP contribution in [-0.4, -0.2) is 18.6 Å². The van der Waals surface area contributed by atoms with E-state index in [1.165, 1.54) is 9.24 Å². The third kappa shape index (κ3) is 5.76. The predicted molar refractivity (Wildman–Crippen MR) is 28.7 cm³/mol. The van der Waals surface area contributed by atoms with Gasteiger partial charge in [-0.05, 0) is 0 Å². The van der Waals surface area contributed by atoms with Crippen molar-refractivity contribution in [1.29, 1.82) is 0 Å². The Morgan fingerprint density at radius 2 is 2.25 bits per heavy atom. The van der Waals surface area contributed by atoms with Crippen molar-refractivity contribution >= 4 is 15.6 Å². The van der Waals surface area contributed by atoms with Gasteiger partial charge < -0.3 is 5.32 Å². The van der Waals surface area contributed by atoms with Crippen molar-refractivity contribution in [2.45, 2.75) is 5.66 Å². The third-order valence-electron chi connectivity index (χ3n) is 0.421. The molecule has 0 radical (unpaired) electrons. The molecule has 1 N–H and O–H groups in total. The zero-order chi connectivity index (χ0) is 6.62. The number of nitrogens with one attached hydrogen (secondary N) is 1. The number of alkyl halides is 2. The van der Waals surface area contributed by atoms with Gasteiger partial charge in [-0.25, -0.2) is 8.78 Å². The van der Waals surface area contributed by atoms with Gasteiger partial charge in [-0.2, -0.15) is 0 Å².